The zero-order valence-corrected chi connectivity index (χ0v) is 27.5. The average molecular weight is 583 g/mol. The van der Waals surface area contributed by atoms with Gasteiger partial charge in [0.2, 0.25) is 5.69 Å². The number of allylic oxidation sites excluding steroid dienone is 4. The van der Waals surface area contributed by atoms with Gasteiger partial charge in [-0.15, -0.1) is 0 Å². The third-order valence-corrected chi connectivity index (χ3v) is 9.11. The smallest absolute Gasteiger partial charge is 0.744 e. The fourth-order valence-electron chi connectivity index (χ4n) is 5.53. The van der Waals surface area contributed by atoms with Crippen LogP contribution in [0.5, 0.6) is 0 Å². The van der Waals surface area contributed by atoms with E-state index >= 15 is 0 Å². The normalized spacial score (nSPS) is 19.2. The number of hydrogen-bond acceptors (Lipinski definition) is 7. The summed E-state index contributed by atoms with van der Waals surface area (Å²) in [7, 11) is -9.15. The van der Waals surface area contributed by atoms with Crippen molar-refractivity contribution in [3.63, 3.8) is 0 Å². The number of hydrogen-bond donors (Lipinski definition) is 0. The Morgan fingerprint density at radius 3 is 1.95 bits per heavy atom. The molecular formula is C27H31KN2O6S2. The van der Waals surface area contributed by atoms with E-state index < -0.39 is 31.1 Å². The fraction of sp³-hybridized carbons (Fsp3) is 0.370. The van der Waals surface area contributed by atoms with Crippen molar-refractivity contribution in [2.75, 3.05) is 18.0 Å². The number of rotatable bonds is 6. The Balaban J connectivity index is 0.00000400. The molecule has 0 spiro atoms. The van der Waals surface area contributed by atoms with Crippen LogP contribution < -0.4 is 56.3 Å². The monoisotopic (exact) mass is 582 g/mol. The van der Waals surface area contributed by atoms with Crippen molar-refractivity contribution < 1.29 is 81.9 Å². The van der Waals surface area contributed by atoms with Gasteiger partial charge in [-0.1, -0.05) is 19.9 Å². The Hall–Kier alpha value is -1.15. The first kappa shape index (κ1) is 31.4. The molecule has 0 saturated heterocycles. The van der Waals surface area contributed by atoms with Crippen molar-refractivity contribution in [2.45, 2.75) is 62.2 Å². The third kappa shape index (κ3) is 5.29. The second-order valence-electron chi connectivity index (χ2n) is 10.3. The van der Waals surface area contributed by atoms with Crippen molar-refractivity contribution in [2.24, 2.45) is 0 Å². The van der Waals surface area contributed by atoms with Crippen LogP contribution in [0.25, 0.3) is 0 Å². The summed E-state index contributed by atoms with van der Waals surface area (Å²) in [5.41, 5.74) is 4.09. The minimum Gasteiger partial charge on any atom is -0.744 e. The van der Waals surface area contributed by atoms with Crippen LogP contribution in [0.4, 0.5) is 11.4 Å². The molecule has 0 aromatic heterocycles. The quantitative estimate of drug-likeness (QED) is 0.285. The van der Waals surface area contributed by atoms with E-state index in [1.54, 1.807) is 12.1 Å². The van der Waals surface area contributed by atoms with Crippen LogP contribution in [0, 0.1) is 0 Å². The van der Waals surface area contributed by atoms with Crippen molar-refractivity contribution in [1.29, 1.82) is 0 Å². The summed E-state index contributed by atoms with van der Waals surface area (Å²) in [6.07, 6.45) is 5.92. The Bertz CT molecular complexity index is 1600. The number of nitrogens with zero attached hydrogens (tertiary/aromatic N) is 2. The first-order chi connectivity index (χ1) is 17.0. The second-order valence-corrected chi connectivity index (χ2v) is 13.1. The molecule has 2 aromatic carbocycles. The molecule has 8 nitrogen and oxygen atoms in total. The summed E-state index contributed by atoms with van der Waals surface area (Å²) >= 11 is 0. The van der Waals surface area contributed by atoms with Crippen LogP contribution in [0.15, 0.2) is 70.1 Å². The van der Waals surface area contributed by atoms with Gasteiger partial charge < -0.3 is 14.0 Å². The molecule has 0 amide bonds. The standard InChI is InChI=1S/C27H32N2O6S2.K/c1-7-28-22-14-12-18(36(30,31)32)16-20(22)26(3,4)24(28)10-9-11-25-27(5,6)21-17-19(37(33,34)35)13-15-23(21)29(25)8-2;/h9-17H,7-8H2,1-6H3,(H-,30,31,32,33,34,35);/q;+1/p-1. The molecule has 0 bridgehead atoms. The summed E-state index contributed by atoms with van der Waals surface area (Å²) in [5.74, 6) is 0. The predicted octanol–water partition coefficient (Wildman–Crippen LogP) is 1.15. The van der Waals surface area contributed by atoms with Gasteiger partial charge in [0.25, 0.3) is 0 Å². The molecule has 0 unspecified atom stereocenters. The van der Waals surface area contributed by atoms with E-state index in [1.165, 1.54) is 24.3 Å². The van der Waals surface area contributed by atoms with E-state index in [-0.39, 0.29) is 61.2 Å². The Labute approximate surface area is 268 Å². The molecule has 0 fully saturated rings. The largest absolute Gasteiger partial charge is 1.00 e. The van der Waals surface area contributed by atoms with Crippen molar-refractivity contribution >= 4 is 37.3 Å². The maximum atomic E-state index is 11.6. The average Bonchev–Trinajstić information content (AvgIpc) is 3.15. The van der Waals surface area contributed by atoms with Crippen molar-refractivity contribution in [3.8, 4) is 0 Å². The van der Waals surface area contributed by atoms with Crippen molar-refractivity contribution in [3.05, 3.63) is 71.5 Å². The minimum absolute atomic E-state index is 0. The topological polar surface area (TPSA) is 121 Å². The van der Waals surface area contributed by atoms with Crippen LogP contribution in [0.2, 0.25) is 0 Å². The van der Waals surface area contributed by atoms with Crippen LogP contribution >= 0.6 is 0 Å². The summed E-state index contributed by atoms with van der Waals surface area (Å²) in [5, 5.41) is 0. The molecule has 0 atom stereocenters. The van der Waals surface area contributed by atoms with Gasteiger partial charge in [-0.05, 0) is 69.7 Å². The Kier molecular flexibility index (Phi) is 8.82. The van der Waals surface area contributed by atoms with Gasteiger partial charge in [0, 0.05) is 41.1 Å². The molecule has 4 rings (SSSR count). The van der Waals surface area contributed by atoms with Gasteiger partial charge in [-0.25, -0.2) is 16.8 Å². The molecule has 0 saturated carbocycles. The molecule has 0 radical (unpaired) electrons. The Morgan fingerprint density at radius 2 is 1.42 bits per heavy atom. The summed E-state index contributed by atoms with van der Waals surface area (Å²) in [6, 6.07) is 9.00. The van der Waals surface area contributed by atoms with Gasteiger partial charge in [-0.3, -0.25) is 0 Å². The van der Waals surface area contributed by atoms with Gasteiger partial charge in [-0.2, -0.15) is 4.58 Å². The number of anilines is 1. The first-order valence-electron chi connectivity index (χ1n) is 12.1. The molecule has 0 aliphatic carbocycles. The summed E-state index contributed by atoms with van der Waals surface area (Å²) in [4.78, 5) is 1.61. The third-order valence-electron chi connectivity index (χ3n) is 7.44. The van der Waals surface area contributed by atoms with E-state index in [9.17, 15) is 25.9 Å². The minimum atomic E-state index is -4.57. The molecule has 2 aliphatic rings. The molecule has 11 heteroatoms. The molecule has 2 heterocycles. The summed E-state index contributed by atoms with van der Waals surface area (Å²) in [6.45, 7) is 13.3. The Morgan fingerprint density at radius 1 is 0.868 bits per heavy atom. The number of benzene rings is 2. The van der Waals surface area contributed by atoms with E-state index in [4.69, 9.17) is 0 Å². The van der Waals surface area contributed by atoms with E-state index in [2.05, 4.69) is 9.48 Å². The van der Waals surface area contributed by atoms with Crippen molar-refractivity contribution in [1.82, 2.24) is 0 Å². The molecule has 2 aromatic rings. The van der Waals surface area contributed by atoms with Crippen LogP contribution in [0.1, 0.15) is 52.7 Å². The SMILES string of the molecule is CCN1/C(=C\C=C\C2=[N+](CC)c3ccc(S(=O)(=O)[O-])cc3C2(C)C)C(C)(C)c2cc(S(=O)(=O)[O-])ccc21.[K+]. The van der Waals surface area contributed by atoms with Gasteiger partial charge in [0.15, 0.2) is 5.71 Å². The van der Waals surface area contributed by atoms with E-state index in [0.717, 1.165) is 33.9 Å². The summed E-state index contributed by atoms with van der Waals surface area (Å²) < 4.78 is 71.9. The molecular weight excluding hydrogens is 552 g/mol. The van der Waals surface area contributed by atoms with Crippen LogP contribution in [-0.2, 0) is 31.1 Å². The zero-order chi connectivity index (χ0) is 27.6. The first-order valence-corrected chi connectivity index (χ1v) is 14.9. The van der Waals surface area contributed by atoms with E-state index in [0.29, 0.717) is 13.1 Å². The maximum Gasteiger partial charge on any atom is 1.00 e. The molecule has 38 heavy (non-hydrogen) atoms. The van der Waals surface area contributed by atoms with Gasteiger partial charge in [0.05, 0.1) is 15.2 Å². The molecule has 198 valence electrons. The van der Waals surface area contributed by atoms with E-state index in [1.807, 2.05) is 59.8 Å². The van der Waals surface area contributed by atoms with Gasteiger partial charge >= 0.3 is 51.4 Å². The zero-order valence-electron chi connectivity index (χ0n) is 22.8. The number of fused-ring (bicyclic) bond motifs is 2. The molecule has 2 aliphatic heterocycles. The van der Waals surface area contributed by atoms with Gasteiger partial charge in [0.1, 0.15) is 26.8 Å². The van der Waals surface area contributed by atoms with Crippen LogP contribution in [0.3, 0.4) is 0 Å². The number of likely N-dealkylation sites (N-methyl/N-ethyl adjacent to an activating group) is 1. The van der Waals surface area contributed by atoms with Crippen LogP contribution in [-0.4, -0.2) is 49.3 Å². The maximum absolute atomic E-state index is 11.6. The fourth-order valence-corrected chi connectivity index (χ4v) is 6.53. The predicted molar refractivity (Wildman–Crippen MR) is 141 cm³/mol. The molecule has 0 N–H and O–H groups in total. The second kappa shape index (κ2) is 10.7.